The Morgan fingerprint density at radius 3 is 2.65 bits per heavy atom. The molecule has 0 saturated heterocycles. The maximum Gasteiger partial charge on any atom is 0.222 e. The monoisotopic (exact) mass is 289 g/mol. The van der Waals surface area contributed by atoms with Crippen LogP contribution in [0.3, 0.4) is 0 Å². The molecule has 0 spiro atoms. The lowest BCUT2D eigenvalue weighted by Crippen LogP contribution is -2.05. The number of aryl methyl sites for hydroxylation is 1. The fourth-order valence-corrected chi connectivity index (χ4v) is 2.14. The number of anilines is 2. The largest absolute Gasteiger partial charge is 0.507 e. The van der Waals surface area contributed by atoms with Gasteiger partial charge in [-0.3, -0.25) is 0 Å². The zero-order valence-electron chi connectivity index (χ0n) is 10.7. The van der Waals surface area contributed by atoms with Crippen molar-refractivity contribution >= 4 is 23.4 Å². The first-order chi connectivity index (χ1) is 9.47. The Morgan fingerprint density at radius 2 is 2.05 bits per heavy atom. The van der Waals surface area contributed by atoms with Gasteiger partial charge in [0, 0.05) is 11.1 Å². The van der Waals surface area contributed by atoms with Crippen molar-refractivity contribution in [3.8, 4) is 23.1 Å². The van der Waals surface area contributed by atoms with E-state index in [1.54, 1.807) is 12.1 Å². The van der Waals surface area contributed by atoms with Gasteiger partial charge in [-0.1, -0.05) is 6.07 Å². The van der Waals surface area contributed by atoms with Crippen molar-refractivity contribution in [2.24, 2.45) is 0 Å². The summed E-state index contributed by atoms with van der Waals surface area (Å²) in [6, 6.07) is 5.37. The number of rotatable bonds is 2. The second kappa shape index (κ2) is 5.23. The van der Waals surface area contributed by atoms with Crippen LogP contribution in [0.2, 0.25) is 0 Å². The molecule has 1 aromatic heterocycles. The molecule has 0 atom stereocenters. The van der Waals surface area contributed by atoms with Crippen LogP contribution in [0, 0.1) is 18.3 Å². The lowest BCUT2D eigenvalue weighted by atomic mass is 10.00. The SMILES string of the molecule is Cc1cc(CCl)c(O)c(-c2nc(N)nc(N)c2C#N)c1. The first kappa shape index (κ1) is 13.9. The molecule has 0 radical (unpaired) electrons. The van der Waals surface area contributed by atoms with E-state index in [1.165, 1.54) is 0 Å². The molecule has 7 heteroatoms. The lowest BCUT2D eigenvalue weighted by molar-refractivity contribution is 0.472. The second-order valence-corrected chi connectivity index (χ2v) is 4.52. The third kappa shape index (κ3) is 2.31. The Labute approximate surface area is 120 Å². The van der Waals surface area contributed by atoms with Crippen LogP contribution >= 0.6 is 11.6 Å². The molecule has 1 heterocycles. The summed E-state index contributed by atoms with van der Waals surface area (Å²) in [5, 5.41) is 19.4. The molecule has 2 rings (SSSR count). The number of nitrogens with zero attached hydrogens (tertiary/aromatic N) is 3. The molecule has 2 aromatic rings. The zero-order chi connectivity index (χ0) is 14.9. The van der Waals surface area contributed by atoms with Crippen molar-refractivity contribution in [1.82, 2.24) is 9.97 Å². The van der Waals surface area contributed by atoms with Crippen molar-refractivity contribution in [2.45, 2.75) is 12.8 Å². The molecule has 0 bridgehead atoms. The summed E-state index contributed by atoms with van der Waals surface area (Å²) in [6.07, 6.45) is 0. The summed E-state index contributed by atoms with van der Waals surface area (Å²) in [5.41, 5.74) is 13.3. The van der Waals surface area contributed by atoms with Crippen molar-refractivity contribution in [1.29, 1.82) is 5.26 Å². The lowest BCUT2D eigenvalue weighted by Gasteiger charge is -2.12. The van der Waals surface area contributed by atoms with E-state index in [4.69, 9.17) is 23.1 Å². The summed E-state index contributed by atoms with van der Waals surface area (Å²) < 4.78 is 0. The number of nitriles is 1. The van der Waals surface area contributed by atoms with Gasteiger partial charge in [0.15, 0.2) is 0 Å². The van der Waals surface area contributed by atoms with Crippen LogP contribution in [0.5, 0.6) is 5.75 Å². The van der Waals surface area contributed by atoms with Crippen molar-refractivity contribution in [2.75, 3.05) is 11.5 Å². The number of halogens is 1. The summed E-state index contributed by atoms with van der Waals surface area (Å²) in [5.74, 6) is 0.00564. The van der Waals surface area contributed by atoms with Crippen molar-refractivity contribution in [3.63, 3.8) is 0 Å². The quantitative estimate of drug-likeness (QED) is 0.726. The van der Waals surface area contributed by atoms with Gasteiger partial charge < -0.3 is 16.6 Å². The van der Waals surface area contributed by atoms with E-state index in [0.29, 0.717) is 11.1 Å². The highest BCUT2D eigenvalue weighted by Gasteiger charge is 2.18. The van der Waals surface area contributed by atoms with Crippen LogP contribution in [0.4, 0.5) is 11.8 Å². The van der Waals surface area contributed by atoms with Crippen molar-refractivity contribution in [3.05, 3.63) is 28.8 Å². The maximum absolute atomic E-state index is 10.2. The number of hydrogen-bond acceptors (Lipinski definition) is 6. The first-order valence-corrected chi connectivity index (χ1v) is 6.23. The van der Waals surface area contributed by atoms with E-state index in [1.807, 2.05) is 13.0 Å². The highest BCUT2D eigenvalue weighted by Crippen LogP contribution is 2.36. The van der Waals surface area contributed by atoms with E-state index >= 15 is 0 Å². The first-order valence-electron chi connectivity index (χ1n) is 5.69. The van der Waals surface area contributed by atoms with Crippen LogP contribution in [-0.4, -0.2) is 15.1 Å². The van der Waals surface area contributed by atoms with Gasteiger partial charge in [0.05, 0.1) is 11.6 Å². The highest BCUT2D eigenvalue weighted by molar-refractivity contribution is 6.17. The zero-order valence-corrected chi connectivity index (χ0v) is 11.4. The molecule has 5 N–H and O–H groups in total. The summed E-state index contributed by atoms with van der Waals surface area (Å²) in [6.45, 7) is 1.85. The fraction of sp³-hybridized carbons (Fsp3) is 0.154. The van der Waals surface area contributed by atoms with Gasteiger partial charge in [-0.05, 0) is 18.6 Å². The van der Waals surface area contributed by atoms with Crippen LogP contribution in [0.15, 0.2) is 12.1 Å². The molecular formula is C13H12ClN5O. The number of nitrogens with two attached hydrogens (primary N) is 2. The number of benzene rings is 1. The third-order valence-corrected chi connectivity index (χ3v) is 3.09. The Bertz CT molecular complexity index is 724. The molecule has 0 amide bonds. The number of nitrogen functional groups attached to an aromatic ring is 2. The van der Waals surface area contributed by atoms with E-state index in [2.05, 4.69) is 9.97 Å². The second-order valence-electron chi connectivity index (χ2n) is 4.26. The predicted molar refractivity (Wildman–Crippen MR) is 77.0 cm³/mol. The molecule has 0 aliphatic heterocycles. The molecule has 102 valence electrons. The summed E-state index contributed by atoms with van der Waals surface area (Å²) in [4.78, 5) is 7.75. The smallest absolute Gasteiger partial charge is 0.222 e. The van der Waals surface area contributed by atoms with Crippen LogP contribution < -0.4 is 11.5 Å². The van der Waals surface area contributed by atoms with E-state index in [0.717, 1.165) is 5.56 Å². The standard InChI is InChI=1S/C13H12ClN5O/c1-6-2-7(4-14)11(20)8(3-6)10-9(5-15)12(16)19-13(17)18-10/h2-3,20H,4H2,1H3,(H4,16,17,18,19). The van der Waals surface area contributed by atoms with Crippen molar-refractivity contribution < 1.29 is 5.11 Å². The summed E-state index contributed by atoms with van der Waals surface area (Å²) >= 11 is 5.79. The van der Waals surface area contributed by atoms with E-state index < -0.39 is 0 Å². The average Bonchev–Trinajstić information content (AvgIpc) is 2.40. The van der Waals surface area contributed by atoms with E-state index in [9.17, 15) is 10.4 Å². The maximum atomic E-state index is 10.2. The normalized spacial score (nSPS) is 10.2. The summed E-state index contributed by atoms with van der Waals surface area (Å²) in [7, 11) is 0. The number of phenols is 1. The van der Waals surface area contributed by atoms with Crippen LogP contribution in [-0.2, 0) is 5.88 Å². The molecule has 0 saturated carbocycles. The molecule has 1 aromatic carbocycles. The number of phenolic OH excluding ortho intramolecular Hbond substituents is 1. The predicted octanol–water partition coefficient (Wildman–Crippen LogP) is 1.93. The van der Waals surface area contributed by atoms with Gasteiger partial charge in [-0.15, -0.1) is 11.6 Å². The van der Waals surface area contributed by atoms with E-state index in [-0.39, 0.29) is 34.7 Å². The number of aromatic hydroxyl groups is 1. The fourth-order valence-electron chi connectivity index (χ4n) is 1.94. The molecule has 0 aliphatic rings. The minimum absolute atomic E-state index is 0.0247. The topological polar surface area (TPSA) is 122 Å². The minimum Gasteiger partial charge on any atom is -0.507 e. The Balaban J connectivity index is 2.82. The van der Waals surface area contributed by atoms with Gasteiger partial charge in [-0.2, -0.15) is 10.2 Å². The highest BCUT2D eigenvalue weighted by atomic mass is 35.5. The number of aromatic nitrogens is 2. The molecule has 0 aliphatic carbocycles. The molecule has 0 fully saturated rings. The molecule has 20 heavy (non-hydrogen) atoms. The van der Waals surface area contributed by atoms with Gasteiger partial charge in [0.1, 0.15) is 23.2 Å². The average molecular weight is 290 g/mol. The minimum atomic E-state index is -0.0650. The number of alkyl halides is 1. The van der Waals surface area contributed by atoms with Crippen LogP contribution in [0.25, 0.3) is 11.3 Å². The molecule has 6 nitrogen and oxygen atoms in total. The number of hydrogen-bond donors (Lipinski definition) is 3. The third-order valence-electron chi connectivity index (χ3n) is 2.80. The Hall–Kier alpha value is -2.52. The Morgan fingerprint density at radius 1 is 1.35 bits per heavy atom. The van der Waals surface area contributed by atoms with Gasteiger partial charge in [-0.25, -0.2) is 4.98 Å². The molecular weight excluding hydrogens is 278 g/mol. The van der Waals surface area contributed by atoms with Crippen LogP contribution in [0.1, 0.15) is 16.7 Å². The Kier molecular flexibility index (Phi) is 3.63. The van der Waals surface area contributed by atoms with Gasteiger partial charge in [0.2, 0.25) is 5.95 Å². The van der Waals surface area contributed by atoms with Gasteiger partial charge in [0.25, 0.3) is 0 Å². The molecule has 0 unspecified atom stereocenters. The van der Waals surface area contributed by atoms with Gasteiger partial charge >= 0.3 is 0 Å².